The van der Waals surface area contributed by atoms with Gasteiger partial charge in [-0.2, -0.15) is 0 Å². The predicted octanol–water partition coefficient (Wildman–Crippen LogP) is 4.48. The first-order chi connectivity index (χ1) is 14.2. The van der Waals surface area contributed by atoms with Crippen LogP contribution in [0.25, 0.3) is 11.1 Å². The van der Waals surface area contributed by atoms with Crippen molar-refractivity contribution in [2.24, 2.45) is 0 Å². The summed E-state index contributed by atoms with van der Waals surface area (Å²) in [4.78, 5) is 12.2. The minimum atomic E-state index is -0.440. The van der Waals surface area contributed by atoms with Gasteiger partial charge in [0, 0.05) is 12.5 Å². The predicted molar refractivity (Wildman–Crippen MR) is 111 cm³/mol. The van der Waals surface area contributed by atoms with Crippen molar-refractivity contribution in [2.45, 2.75) is 12.3 Å². The third-order valence-corrected chi connectivity index (χ3v) is 5.27. The summed E-state index contributed by atoms with van der Waals surface area (Å²) in [7, 11) is 1.51. The lowest BCUT2D eigenvalue weighted by molar-refractivity contribution is 0.143. The normalized spacial score (nSPS) is 12.2. The zero-order valence-electron chi connectivity index (χ0n) is 16.2. The summed E-state index contributed by atoms with van der Waals surface area (Å²) >= 11 is 0. The van der Waals surface area contributed by atoms with E-state index in [0.717, 1.165) is 5.56 Å². The second-order valence-electron chi connectivity index (χ2n) is 7.01. The highest BCUT2D eigenvalue weighted by molar-refractivity contribution is 5.79. The van der Waals surface area contributed by atoms with Crippen LogP contribution in [0.2, 0.25) is 0 Å². The van der Waals surface area contributed by atoms with Gasteiger partial charge < -0.3 is 19.9 Å². The van der Waals surface area contributed by atoms with E-state index in [1.54, 1.807) is 12.1 Å². The van der Waals surface area contributed by atoms with E-state index in [1.807, 2.05) is 30.3 Å². The van der Waals surface area contributed by atoms with E-state index in [4.69, 9.17) is 9.47 Å². The Morgan fingerprint density at radius 3 is 2.28 bits per heavy atom. The fourth-order valence-corrected chi connectivity index (χ4v) is 3.85. The molecule has 0 radical (unpaired) electrons. The van der Waals surface area contributed by atoms with Gasteiger partial charge in [0.25, 0.3) is 0 Å². The fraction of sp³-hybridized carbons (Fsp3) is 0.208. The molecule has 29 heavy (non-hydrogen) atoms. The molecule has 1 amide bonds. The molecule has 3 aromatic rings. The first-order valence-corrected chi connectivity index (χ1v) is 9.62. The van der Waals surface area contributed by atoms with Crippen LogP contribution in [-0.4, -0.2) is 31.5 Å². The van der Waals surface area contributed by atoms with E-state index in [2.05, 4.69) is 29.6 Å². The van der Waals surface area contributed by atoms with Crippen LogP contribution in [0, 0.1) is 0 Å². The molecule has 1 aliphatic rings. The molecule has 148 valence electrons. The Balaban J connectivity index is 1.33. The average Bonchev–Trinajstić information content (AvgIpc) is 3.06. The van der Waals surface area contributed by atoms with Crippen molar-refractivity contribution in [1.29, 1.82) is 0 Å². The molecule has 4 rings (SSSR count). The maximum atomic E-state index is 12.2. The Kier molecular flexibility index (Phi) is 5.38. The number of amides is 1. The van der Waals surface area contributed by atoms with Crippen LogP contribution in [0.4, 0.5) is 4.79 Å². The largest absolute Gasteiger partial charge is 0.504 e. The number of methoxy groups -OCH3 is 1. The molecule has 0 fully saturated rings. The number of benzene rings is 3. The number of nitrogens with one attached hydrogen (secondary N) is 1. The Labute approximate surface area is 169 Å². The maximum absolute atomic E-state index is 12.2. The number of alkyl carbamates (subject to hydrolysis) is 1. The second-order valence-corrected chi connectivity index (χ2v) is 7.01. The standard InChI is InChI=1S/C24H23NO4/c1-28-23-11-10-16(14-22(23)26)12-13-25-24(27)29-15-21-19-8-4-2-6-17(19)18-7-3-5-9-20(18)21/h2-11,14,21,26H,12-13,15H2,1H3,(H,25,27). The minimum Gasteiger partial charge on any atom is -0.504 e. The highest BCUT2D eigenvalue weighted by Crippen LogP contribution is 2.44. The highest BCUT2D eigenvalue weighted by atomic mass is 16.5. The van der Waals surface area contributed by atoms with Crippen molar-refractivity contribution >= 4 is 6.09 Å². The maximum Gasteiger partial charge on any atom is 0.407 e. The van der Waals surface area contributed by atoms with Crippen LogP contribution >= 0.6 is 0 Å². The van der Waals surface area contributed by atoms with Crippen molar-refractivity contribution < 1.29 is 19.4 Å². The van der Waals surface area contributed by atoms with Gasteiger partial charge in [0.2, 0.25) is 0 Å². The molecule has 3 aromatic carbocycles. The molecule has 0 saturated carbocycles. The lowest BCUT2D eigenvalue weighted by Gasteiger charge is -2.14. The topological polar surface area (TPSA) is 67.8 Å². The number of carbonyl (C=O) groups excluding carboxylic acids is 1. The van der Waals surface area contributed by atoms with Gasteiger partial charge in [-0.25, -0.2) is 4.79 Å². The zero-order valence-corrected chi connectivity index (χ0v) is 16.2. The van der Waals surface area contributed by atoms with Crippen LogP contribution in [0.1, 0.15) is 22.6 Å². The molecular weight excluding hydrogens is 366 g/mol. The Morgan fingerprint density at radius 1 is 1.00 bits per heavy atom. The van der Waals surface area contributed by atoms with Gasteiger partial charge in [-0.3, -0.25) is 0 Å². The van der Waals surface area contributed by atoms with Gasteiger partial charge in [0.05, 0.1) is 7.11 Å². The van der Waals surface area contributed by atoms with E-state index >= 15 is 0 Å². The van der Waals surface area contributed by atoms with Crippen LogP contribution in [0.5, 0.6) is 11.5 Å². The molecule has 0 heterocycles. The fourth-order valence-electron chi connectivity index (χ4n) is 3.85. The summed E-state index contributed by atoms with van der Waals surface area (Å²) in [6, 6.07) is 21.7. The van der Waals surface area contributed by atoms with E-state index in [0.29, 0.717) is 25.3 Å². The molecule has 5 heteroatoms. The molecule has 0 aromatic heterocycles. The van der Waals surface area contributed by atoms with Crippen molar-refractivity contribution in [2.75, 3.05) is 20.3 Å². The number of fused-ring (bicyclic) bond motifs is 3. The summed E-state index contributed by atoms with van der Waals surface area (Å²) in [5.41, 5.74) is 5.69. The summed E-state index contributed by atoms with van der Waals surface area (Å²) in [5, 5.41) is 12.6. The van der Waals surface area contributed by atoms with Crippen LogP contribution in [-0.2, 0) is 11.2 Å². The third-order valence-electron chi connectivity index (χ3n) is 5.27. The molecule has 0 unspecified atom stereocenters. The summed E-state index contributed by atoms with van der Waals surface area (Å²) in [6.07, 6.45) is 0.145. The van der Waals surface area contributed by atoms with Gasteiger partial charge in [-0.15, -0.1) is 0 Å². The minimum absolute atomic E-state index is 0.0479. The van der Waals surface area contributed by atoms with Crippen LogP contribution < -0.4 is 10.1 Å². The monoisotopic (exact) mass is 389 g/mol. The molecule has 0 spiro atoms. The first-order valence-electron chi connectivity index (χ1n) is 9.62. The zero-order chi connectivity index (χ0) is 20.2. The summed E-state index contributed by atoms with van der Waals surface area (Å²) in [5.74, 6) is 0.566. The highest BCUT2D eigenvalue weighted by Gasteiger charge is 2.28. The summed E-state index contributed by atoms with van der Waals surface area (Å²) in [6.45, 7) is 0.714. The Hall–Kier alpha value is -3.47. The van der Waals surface area contributed by atoms with Crippen LogP contribution in [0.15, 0.2) is 66.7 Å². The van der Waals surface area contributed by atoms with E-state index in [9.17, 15) is 9.90 Å². The number of hydrogen-bond acceptors (Lipinski definition) is 4. The number of phenolic OH excluding ortho intramolecular Hbond substituents is 1. The van der Waals surface area contributed by atoms with E-state index in [-0.39, 0.29) is 11.7 Å². The molecule has 1 aliphatic carbocycles. The molecule has 0 bridgehead atoms. The lowest BCUT2D eigenvalue weighted by Crippen LogP contribution is -2.28. The molecule has 0 atom stereocenters. The van der Waals surface area contributed by atoms with Crippen molar-refractivity contribution in [3.63, 3.8) is 0 Å². The molecule has 2 N–H and O–H groups in total. The van der Waals surface area contributed by atoms with Gasteiger partial charge in [-0.05, 0) is 46.4 Å². The van der Waals surface area contributed by atoms with Crippen molar-refractivity contribution in [3.8, 4) is 22.6 Å². The third kappa shape index (κ3) is 3.90. The van der Waals surface area contributed by atoms with Gasteiger partial charge in [0.15, 0.2) is 11.5 Å². The van der Waals surface area contributed by atoms with Gasteiger partial charge >= 0.3 is 6.09 Å². The van der Waals surface area contributed by atoms with Crippen LogP contribution in [0.3, 0.4) is 0 Å². The van der Waals surface area contributed by atoms with Gasteiger partial charge in [0.1, 0.15) is 6.61 Å². The number of hydrogen-bond donors (Lipinski definition) is 2. The molecule has 0 saturated heterocycles. The molecule has 0 aliphatic heterocycles. The van der Waals surface area contributed by atoms with Gasteiger partial charge in [-0.1, -0.05) is 54.6 Å². The van der Waals surface area contributed by atoms with E-state index in [1.165, 1.54) is 29.4 Å². The number of phenols is 1. The molecular formula is C24H23NO4. The smallest absolute Gasteiger partial charge is 0.407 e. The van der Waals surface area contributed by atoms with Crippen molar-refractivity contribution in [1.82, 2.24) is 5.32 Å². The second kappa shape index (κ2) is 8.27. The average molecular weight is 389 g/mol. The Morgan fingerprint density at radius 2 is 1.66 bits per heavy atom. The lowest BCUT2D eigenvalue weighted by atomic mass is 9.98. The SMILES string of the molecule is COc1ccc(CCNC(=O)OCC2c3ccccc3-c3ccccc32)cc1O. The quantitative estimate of drug-likeness (QED) is 0.652. The number of ether oxygens (including phenoxy) is 2. The van der Waals surface area contributed by atoms with E-state index < -0.39 is 6.09 Å². The molecule has 5 nitrogen and oxygen atoms in total. The number of rotatable bonds is 6. The first kappa shape index (κ1) is 18.9. The number of aromatic hydroxyl groups is 1. The van der Waals surface area contributed by atoms with Crippen molar-refractivity contribution in [3.05, 3.63) is 83.4 Å². The number of carbonyl (C=O) groups is 1. The Bertz CT molecular complexity index is 985. The summed E-state index contributed by atoms with van der Waals surface area (Å²) < 4.78 is 10.6.